The lowest BCUT2D eigenvalue weighted by Crippen LogP contribution is -2.39. The van der Waals surface area contributed by atoms with Crippen LogP contribution in [0.15, 0.2) is 86.1 Å². The summed E-state index contributed by atoms with van der Waals surface area (Å²) in [5, 5.41) is 20.9. The van der Waals surface area contributed by atoms with Gasteiger partial charge in [-0.05, 0) is 43.2 Å². The number of aromatic nitrogens is 1. The molecule has 36 heavy (non-hydrogen) atoms. The maximum atomic E-state index is 13.5. The van der Waals surface area contributed by atoms with Crippen LogP contribution in [0.4, 0.5) is 5.69 Å². The number of allylic oxidation sites excluding steroid dienone is 1. The lowest BCUT2D eigenvalue weighted by atomic mass is 9.96. The summed E-state index contributed by atoms with van der Waals surface area (Å²) < 4.78 is 7.68. The highest BCUT2D eigenvalue weighted by molar-refractivity contribution is 7.07. The van der Waals surface area contributed by atoms with Crippen molar-refractivity contribution in [3.8, 4) is 11.3 Å². The third-order valence-corrected chi connectivity index (χ3v) is 6.94. The fourth-order valence-electron chi connectivity index (χ4n) is 4.29. The Kier molecular flexibility index (Phi) is 5.73. The molecule has 1 aliphatic rings. The van der Waals surface area contributed by atoms with Crippen molar-refractivity contribution < 1.29 is 19.2 Å². The summed E-state index contributed by atoms with van der Waals surface area (Å²) in [5.41, 5.74) is 2.07. The lowest BCUT2D eigenvalue weighted by Gasteiger charge is -2.23. The average Bonchev–Trinajstić information content (AvgIpc) is 3.42. The maximum Gasteiger partial charge on any atom is 0.335 e. The number of nitro benzene ring substituents is 1. The molecule has 1 aliphatic heterocycles. The fraction of sp³-hybridized carbons (Fsp3) is 0.115. The van der Waals surface area contributed by atoms with E-state index in [4.69, 9.17) is 4.42 Å². The van der Waals surface area contributed by atoms with Crippen LogP contribution in [-0.4, -0.2) is 20.6 Å². The Hall–Kier alpha value is -4.57. The van der Waals surface area contributed by atoms with Gasteiger partial charge in [0.25, 0.3) is 11.2 Å². The summed E-state index contributed by atoms with van der Waals surface area (Å²) in [6, 6.07) is 16.1. The number of thiazole rings is 1. The standard InChI is InChI=1S/C26H19N3O6S/c1-14-12-17(29(33)34)8-10-19(14)20-11-9-18(35-20)13-21-24(30)28-23(16-6-4-3-5-7-16)22(25(31)32)15(2)27-26(28)36-21/h3-13,23H,1-2H3,(H,31,32). The predicted molar refractivity (Wildman–Crippen MR) is 133 cm³/mol. The minimum Gasteiger partial charge on any atom is -0.478 e. The molecule has 2 aromatic carbocycles. The number of rotatable bonds is 5. The van der Waals surface area contributed by atoms with Crippen molar-refractivity contribution in [1.82, 2.24) is 4.57 Å². The van der Waals surface area contributed by atoms with Gasteiger partial charge < -0.3 is 9.52 Å². The number of carboxylic acids is 1. The highest BCUT2D eigenvalue weighted by atomic mass is 32.1. The van der Waals surface area contributed by atoms with Gasteiger partial charge in [0.15, 0.2) is 4.80 Å². The highest BCUT2D eigenvalue weighted by Crippen LogP contribution is 2.30. The first-order chi connectivity index (χ1) is 17.2. The molecular weight excluding hydrogens is 482 g/mol. The average molecular weight is 502 g/mol. The number of aryl methyl sites for hydroxylation is 1. The molecule has 1 N–H and O–H groups in total. The van der Waals surface area contributed by atoms with Crippen LogP contribution in [0, 0.1) is 17.0 Å². The Balaban J connectivity index is 1.60. The van der Waals surface area contributed by atoms with Crippen LogP contribution in [0.3, 0.4) is 0 Å². The second-order valence-corrected chi connectivity index (χ2v) is 9.27. The number of nitrogens with zero attached hydrogens (tertiary/aromatic N) is 3. The van der Waals surface area contributed by atoms with Crippen LogP contribution < -0.4 is 14.9 Å². The lowest BCUT2D eigenvalue weighted by molar-refractivity contribution is -0.384. The first-order valence-electron chi connectivity index (χ1n) is 10.9. The maximum absolute atomic E-state index is 13.5. The molecule has 180 valence electrons. The number of furan rings is 1. The van der Waals surface area contributed by atoms with Crippen LogP contribution in [-0.2, 0) is 4.79 Å². The van der Waals surface area contributed by atoms with Crippen molar-refractivity contribution in [2.75, 3.05) is 0 Å². The Bertz CT molecular complexity index is 1740. The number of fused-ring (bicyclic) bond motifs is 1. The molecule has 0 saturated heterocycles. The molecule has 2 aromatic heterocycles. The van der Waals surface area contributed by atoms with Gasteiger partial charge in [0.05, 0.1) is 26.8 Å². The van der Waals surface area contributed by atoms with Gasteiger partial charge in [-0.1, -0.05) is 41.7 Å². The number of hydrogen-bond acceptors (Lipinski definition) is 7. The largest absolute Gasteiger partial charge is 0.478 e. The number of non-ortho nitro benzene ring substituents is 1. The smallest absolute Gasteiger partial charge is 0.335 e. The van der Waals surface area contributed by atoms with Gasteiger partial charge in [-0.3, -0.25) is 19.5 Å². The Morgan fingerprint density at radius 2 is 1.92 bits per heavy atom. The second-order valence-electron chi connectivity index (χ2n) is 8.26. The Morgan fingerprint density at radius 3 is 2.58 bits per heavy atom. The van der Waals surface area contributed by atoms with E-state index in [1.165, 1.54) is 16.7 Å². The first-order valence-corrected chi connectivity index (χ1v) is 11.7. The third-order valence-electron chi connectivity index (χ3n) is 5.95. The molecule has 4 aromatic rings. The molecule has 3 heterocycles. The topological polar surface area (TPSA) is 128 Å². The number of aliphatic carboxylic acids is 1. The Morgan fingerprint density at radius 1 is 1.17 bits per heavy atom. The molecule has 1 unspecified atom stereocenters. The van der Waals surface area contributed by atoms with Crippen LogP contribution in [0.2, 0.25) is 0 Å². The number of hydrogen-bond donors (Lipinski definition) is 1. The van der Waals surface area contributed by atoms with E-state index in [2.05, 4.69) is 4.99 Å². The van der Waals surface area contributed by atoms with E-state index >= 15 is 0 Å². The van der Waals surface area contributed by atoms with Crippen LogP contribution in [0.5, 0.6) is 0 Å². The van der Waals surface area contributed by atoms with Crippen LogP contribution in [0.1, 0.15) is 29.9 Å². The normalized spacial score (nSPS) is 15.5. The minimum atomic E-state index is -1.13. The van der Waals surface area contributed by atoms with Crippen molar-refractivity contribution in [3.05, 3.63) is 119 Å². The highest BCUT2D eigenvalue weighted by Gasteiger charge is 2.32. The van der Waals surface area contributed by atoms with E-state index in [1.807, 2.05) is 6.07 Å². The van der Waals surface area contributed by atoms with Crippen molar-refractivity contribution in [3.63, 3.8) is 0 Å². The quantitative estimate of drug-likeness (QED) is 0.327. The molecule has 1 atom stereocenters. The van der Waals surface area contributed by atoms with Crippen molar-refractivity contribution in [1.29, 1.82) is 0 Å². The molecule has 0 bridgehead atoms. The predicted octanol–water partition coefficient (Wildman–Crippen LogP) is 3.80. The van der Waals surface area contributed by atoms with Gasteiger partial charge >= 0.3 is 5.97 Å². The van der Waals surface area contributed by atoms with E-state index in [0.717, 1.165) is 11.3 Å². The molecule has 0 saturated carbocycles. The van der Waals surface area contributed by atoms with Gasteiger partial charge in [-0.25, -0.2) is 9.79 Å². The number of carboxylic acid groups (broad SMARTS) is 1. The molecule has 0 fully saturated rings. The number of carbonyl (C=O) groups is 1. The first kappa shape index (κ1) is 23.2. The summed E-state index contributed by atoms with van der Waals surface area (Å²) in [4.78, 5) is 40.9. The van der Waals surface area contributed by atoms with Crippen molar-refractivity contribution in [2.24, 2.45) is 4.99 Å². The summed E-state index contributed by atoms with van der Waals surface area (Å²) in [6.45, 7) is 3.39. The number of benzene rings is 2. The van der Waals surface area contributed by atoms with Gasteiger partial charge in [0, 0.05) is 23.8 Å². The zero-order valence-corrected chi connectivity index (χ0v) is 20.0. The van der Waals surface area contributed by atoms with Gasteiger partial charge in [-0.15, -0.1) is 0 Å². The van der Waals surface area contributed by atoms with Crippen molar-refractivity contribution >= 4 is 29.1 Å². The van der Waals surface area contributed by atoms with Gasteiger partial charge in [-0.2, -0.15) is 0 Å². The summed E-state index contributed by atoms with van der Waals surface area (Å²) in [6.07, 6.45) is 1.59. The second kappa shape index (κ2) is 8.90. The fourth-order valence-corrected chi connectivity index (χ4v) is 5.31. The summed E-state index contributed by atoms with van der Waals surface area (Å²) in [5.74, 6) is -0.209. The van der Waals surface area contributed by atoms with Crippen molar-refractivity contribution in [2.45, 2.75) is 19.9 Å². The molecule has 0 spiro atoms. The van der Waals surface area contributed by atoms with E-state index < -0.39 is 16.9 Å². The van der Waals surface area contributed by atoms with E-state index in [-0.39, 0.29) is 16.8 Å². The molecular formula is C26H19N3O6S. The number of nitro groups is 1. The zero-order valence-electron chi connectivity index (χ0n) is 19.2. The van der Waals surface area contributed by atoms with E-state index in [9.17, 15) is 24.8 Å². The SMILES string of the molecule is CC1=C(C(=O)O)C(c2ccccc2)n2c(sc(=Cc3ccc(-c4ccc([N+](=O)[O-])cc4C)o3)c2=O)=N1. The molecule has 0 radical (unpaired) electrons. The minimum absolute atomic E-state index is 0.00636. The molecule has 10 heteroatoms. The molecule has 0 amide bonds. The van der Waals surface area contributed by atoms with Gasteiger partial charge in [0.2, 0.25) is 0 Å². The summed E-state index contributed by atoms with van der Waals surface area (Å²) >= 11 is 1.15. The summed E-state index contributed by atoms with van der Waals surface area (Å²) in [7, 11) is 0. The molecule has 9 nitrogen and oxygen atoms in total. The zero-order chi connectivity index (χ0) is 25.6. The molecule has 0 aliphatic carbocycles. The Labute approximate surface area is 207 Å². The van der Waals surface area contributed by atoms with Crippen LogP contribution >= 0.6 is 11.3 Å². The molecule has 5 rings (SSSR count). The van der Waals surface area contributed by atoms with E-state index in [0.29, 0.717) is 43.2 Å². The van der Waals surface area contributed by atoms with E-state index in [1.54, 1.807) is 62.4 Å². The van der Waals surface area contributed by atoms with Gasteiger partial charge in [0.1, 0.15) is 11.5 Å². The monoisotopic (exact) mass is 501 g/mol. The third kappa shape index (κ3) is 3.97. The van der Waals surface area contributed by atoms with Crippen LogP contribution in [0.25, 0.3) is 17.4 Å².